The van der Waals surface area contributed by atoms with E-state index in [-0.39, 0.29) is 11.7 Å². The number of quaternary nitrogens is 2. The maximum absolute atomic E-state index is 13.6. The molecular weight excluding hydrogens is 365 g/mol. The number of carbonyl (C=O) groups is 1. The van der Waals surface area contributed by atoms with Crippen LogP contribution in [0.4, 0.5) is 4.39 Å². The summed E-state index contributed by atoms with van der Waals surface area (Å²) in [5.41, 5.74) is 1.90. The van der Waals surface area contributed by atoms with Crippen LogP contribution in [0.3, 0.4) is 0 Å². The van der Waals surface area contributed by atoms with Gasteiger partial charge in [-0.3, -0.25) is 4.79 Å². The quantitative estimate of drug-likeness (QED) is 0.616. The molecule has 0 saturated carbocycles. The van der Waals surface area contributed by atoms with Crippen molar-refractivity contribution in [2.75, 3.05) is 39.3 Å². The molecule has 0 unspecified atom stereocenters. The van der Waals surface area contributed by atoms with Gasteiger partial charge in [0.2, 0.25) is 0 Å². The van der Waals surface area contributed by atoms with Gasteiger partial charge in [-0.15, -0.1) is 0 Å². The van der Waals surface area contributed by atoms with E-state index in [1.807, 2.05) is 24.3 Å². The predicted molar refractivity (Wildman–Crippen MR) is 105 cm³/mol. The van der Waals surface area contributed by atoms with Crippen molar-refractivity contribution in [1.82, 2.24) is 5.32 Å². The fraction of sp³-hybridized carbons (Fsp3) is 0.381. The summed E-state index contributed by atoms with van der Waals surface area (Å²) in [7, 11) is 0. The molecule has 1 fully saturated rings. The molecule has 1 amide bonds. The van der Waals surface area contributed by atoms with Crippen LogP contribution in [0.1, 0.15) is 11.1 Å². The lowest BCUT2D eigenvalue weighted by Crippen LogP contribution is -3.28. The third kappa shape index (κ3) is 6.31. The minimum absolute atomic E-state index is 0.0413. The molecule has 0 radical (unpaired) electrons. The number of rotatable bonds is 7. The first-order valence-electron chi connectivity index (χ1n) is 9.52. The summed E-state index contributed by atoms with van der Waals surface area (Å²) in [6, 6.07) is 14.7. The van der Waals surface area contributed by atoms with Gasteiger partial charge >= 0.3 is 0 Å². The van der Waals surface area contributed by atoms with Crippen LogP contribution in [0.2, 0.25) is 5.02 Å². The predicted octanol–water partition coefficient (Wildman–Crippen LogP) is 0.121. The Morgan fingerprint density at radius 1 is 1.04 bits per heavy atom. The number of nitrogens with one attached hydrogen (secondary N) is 3. The number of benzene rings is 2. The molecule has 1 aliphatic heterocycles. The Kier molecular flexibility index (Phi) is 7.21. The lowest BCUT2D eigenvalue weighted by Gasteiger charge is -2.29. The van der Waals surface area contributed by atoms with Crippen molar-refractivity contribution in [1.29, 1.82) is 0 Å². The summed E-state index contributed by atoms with van der Waals surface area (Å²) >= 11 is 6.05. The zero-order chi connectivity index (χ0) is 19.1. The molecule has 0 aliphatic carbocycles. The molecule has 6 heteroatoms. The maximum Gasteiger partial charge on any atom is 0.275 e. The second-order valence-electron chi connectivity index (χ2n) is 7.17. The smallest absolute Gasteiger partial charge is 0.275 e. The minimum Gasteiger partial charge on any atom is -0.351 e. The van der Waals surface area contributed by atoms with E-state index in [2.05, 4.69) is 11.4 Å². The zero-order valence-electron chi connectivity index (χ0n) is 15.4. The van der Waals surface area contributed by atoms with Gasteiger partial charge in [-0.2, -0.15) is 0 Å². The highest BCUT2D eigenvalue weighted by molar-refractivity contribution is 6.30. The Bertz CT molecular complexity index is 763. The van der Waals surface area contributed by atoms with Crippen molar-refractivity contribution in [3.8, 4) is 0 Å². The monoisotopic (exact) mass is 391 g/mol. The SMILES string of the molecule is O=C(C[NH+]1CC[NH+](Cc2cccc(Cl)c2)CC1)NCCc1ccccc1F. The molecule has 1 saturated heterocycles. The molecule has 144 valence electrons. The number of amides is 1. The van der Waals surface area contributed by atoms with E-state index < -0.39 is 0 Å². The molecule has 2 aromatic rings. The highest BCUT2D eigenvalue weighted by atomic mass is 35.5. The Morgan fingerprint density at radius 2 is 1.78 bits per heavy atom. The highest BCUT2D eigenvalue weighted by Crippen LogP contribution is 2.09. The topological polar surface area (TPSA) is 38.0 Å². The lowest BCUT2D eigenvalue weighted by atomic mass is 10.1. The summed E-state index contributed by atoms with van der Waals surface area (Å²) in [6.07, 6.45) is 0.519. The van der Waals surface area contributed by atoms with Crippen molar-refractivity contribution in [2.45, 2.75) is 13.0 Å². The maximum atomic E-state index is 13.6. The lowest BCUT2D eigenvalue weighted by molar-refractivity contribution is -1.02. The Hall–Kier alpha value is -1.95. The van der Waals surface area contributed by atoms with Gasteiger partial charge in [0.1, 0.15) is 38.5 Å². The summed E-state index contributed by atoms with van der Waals surface area (Å²) < 4.78 is 13.6. The highest BCUT2D eigenvalue weighted by Gasteiger charge is 2.24. The van der Waals surface area contributed by atoms with Crippen LogP contribution in [-0.2, 0) is 17.8 Å². The summed E-state index contributed by atoms with van der Waals surface area (Å²) in [5, 5.41) is 3.70. The molecule has 0 atom stereocenters. The Labute approximate surface area is 164 Å². The first kappa shape index (κ1) is 19.8. The van der Waals surface area contributed by atoms with E-state index in [1.54, 1.807) is 12.1 Å². The van der Waals surface area contributed by atoms with Gasteiger partial charge in [0.05, 0.1) is 0 Å². The normalized spacial score (nSPS) is 19.6. The average molecular weight is 392 g/mol. The van der Waals surface area contributed by atoms with Crippen LogP contribution < -0.4 is 15.1 Å². The molecule has 1 aliphatic rings. The van der Waals surface area contributed by atoms with Crippen LogP contribution in [0.5, 0.6) is 0 Å². The molecule has 0 bridgehead atoms. The molecule has 1 heterocycles. The zero-order valence-corrected chi connectivity index (χ0v) is 16.2. The van der Waals surface area contributed by atoms with E-state index in [0.29, 0.717) is 25.1 Å². The van der Waals surface area contributed by atoms with Gasteiger partial charge in [0.25, 0.3) is 5.91 Å². The number of hydrogen-bond donors (Lipinski definition) is 3. The standard InChI is InChI=1S/C21H25ClFN3O/c22-19-6-3-4-17(14-19)15-25-10-12-26(13-11-25)16-21(27)24-9-8-18-5-1-2-7-20(18)23/h1-7,14H,8-13,15-16H2,(H,24,27)/p+2. The van der Waals surface area contributed by atoms with Gasteiger partial charge in [0, 0.05) is 17.1 Å². The largest absolute Gasteiger partial charge is 0.351 e. The minimum atomic E-state index is -0.212. The van der Waals surface area contributed by atoms with E-state index in [4.69, 9.17) is 11.6 Å². The average Bonchev–Trinajstić information content (AvgIpc) is 2.65. The van der Waals surface area contributed by atoms with Crippen molar-refractivity contribution in [3.63, 3.8) is 0 Å². The summed E-state index contributed by atoms with van der Waals surface area (Å²) in [4.78, 5) is 15.0. The van der Waals surface area contributed by atoms with Crippen LogP contribution in [0, 0.1) is 5.82 Å². The fourth-order valence-corrected chi connectivity index (χ4v) is 3.79. The first-order chi connectivity index (χ1) is 13.1. The van der Waals surface area contributed by atoms with Crippen LogP contribution in [0.15, 0.2) is 48.5 Å². The van der Waals surface area contributed by atoms with Gasteiger partial charge in [-0.05, 0) is 30.2 Å². The molecule has 0 aromatic heterocycles. The number of piperazine rings is 1. The fourth-order valence-electron chi connectivity index (χ4n) is 3.57. The third-order valence-electron chi connectivity index (χ3n) is 5.09. The summed E-state index contributed by atoms with van der Waals surface area (Å²) in [5.74, 6) is -0.171. The Balaban J connectivity index is 1.35. The second kappa shape index (κ2) is 9.83. The van der Waals surface area contributed by atoms with E-state index in [1.165, 1.54) is 21.4 Å². The molecule has 0 spiro atoms. The third-order valence-corrected chi connectivity index (χ3v) is 5.33. The van der Waals surface area contributed by atoms with E-state index >= 15 is 0 Å². The number of halogens is 2. The number of hydrogen-bond acceptors (Lipinski definition) is 1. The van der Waals surface area contributed by atoms with E-state index in [9.17, 15) is 9.18 Å². The second-order valence-corrected chi connectivity index (χ2v) is 7.61. The van der Waals surface area contributed by atoms with E-state index in [0.717, 1.165) is 37.7 Å². The molecule has 4 nitrogen and oxygen atoms in total. The molecule has 3 rings (SSSR count). The van der Waals surface area contributed by atoms with Crippen molar-refractivity contribution >= 4 is 17.5 Å². The van der Waals surface area contributed by atoms with Crippen molar-refractivity contribution < 1.29 is 19.0 Å². The van der Waals surface area contributed by atoms with Crippen molar-refractivity contribution in [2.24, 2.45) is 0 Å². The number of carbonyl (C=O) groups excluding carboxylic acids is 1. The van der Waals surface area contributed by atoms with Gasteiger partial charge in [-0.1, -0.05) is 41.9 Å². The Morgan fingerprint density at radius 3 is 2.52 bits per heavy atom. The molecule has 3 N–H and O–H groups in total. The van der Waals surface area contributed by atoms with Crippen LogP contribution in [0.25, 0.3) is 0 Å². The molecule has 27 heavy (non-hydrogen) atoms. The first-order valence-corrected chi connectivity index (χ1v) is 9.89. The van der Waals surface area contributed by atoms with Gasteiger partial charge in [0.15, 0.2) is 6.54 Å². The summed E-state index contributed by atoms with van der Waals surface area (Å²) in [6.45, 7) is 5.99. The molecule has 2 aromatic carbocycles. The van der Waals surface area contributed by atoms with Crippen LogP contribution in [-0.4, -0.2) is 45.2 Å². The van der Waals surface area contributed by atoms with Crippen molar-refractivity contribution in [3.05, 3.63) is 70.5 Å². The van der Waals surface area contributed by atoms with Gasteiger partial charge in [-0.25, -0.2) is 4.39 Å². The molecular formula is C21H27ClFN3O+2. The van der Waals surface area contributed by atoms with Crippen LogP contribution >= 0.6 is 11.6 Å². The van der Waals surface area contributed by atoms with Gasteiger partial charge < -0.3 is 15.1 Å².